The fourth-order valence-electron chi connectivity index (χ4n) is 1.69. The van der Waals surface area contributed by atoms with Crippen molar-refractivity contribution in [3.63, 3.8) is 0 Å². The van der Waals surface area contributed by atoms with Gasteiger partial charge in [-0.25, -0.2) is 0 Å². The summed E-state index contributed by atoms with van der Waals surface area (Å²) < 4.78 is 5.22. The van der Waals surface area contributed by atoms with Crippen molar-refractivity contribution in [2.75, 3.05) is 32.0 Å². The number of nitrogens with zero attached hydrogens (tertiary/aromatic N) is 1. The number of carbonyl (C=O) groups is 1. The van der Waals surface area contributed by atoms with E-state index in [9.17, 15) is 4.79 Å². The molecule has 0 N–H and O–H groups in total. The van der Waals surface area contributed by atoms with Crippen LogP contribution >= 0.6 is 23.2 Å². The van der Waals surface area contributed by atoms with E-state index < -0.39 is 0 Å². The van der Waals surface area contributed by atoms with E-state index >= 15 is 0 Å². The van der Waals surface area contributed by atoms with Crippen LogP contribution in [0.25, 0.3) is 0 Å². The van der Waals surface area contributed by atoms with Crippen molar-refractivity contribution in [2.24, 2.45) is 0 Å². The molecule has 0 bridgehead atoms. The summed E-state index contributed by atoms with van der Waals surface area (Å²) in [6, 6.07) is 7.49. The fourth-order valence-corrected chi connectivity index (χ4v) is 2.10. The molecule has 18 heavy (non-hydrogen) atoms. The number of benzene rings is 1. The first-order valence-corrected chi connectivity index (χ1v) is 6.81. The molecule has 0 fully saturated rings. The van der Waals surface area contributed by atoms with Crippen molar-refractivity contribution in [1.82, 2.24) is 4.90 Å². The molecule has 0 aliphatic heterocycles. The molecule has 1 rings (SSSR count). The molecule has 0 heterocycles. The number of hydrogen-bond donors (Lipinski definition) is 0. The van der Waals surface area contributed by atoms with Crippen LogP contribution in [0.3, 0.4) is 0 Å². The highest BCUT2D eigenvalue weighted by atomic mass is 35.5. The lowest BCUT2D eigenvalue weighted by molar-refractivity contribution is -0.130. The molecule has 0 unspecified atom stereocenters. The lowest BCUT2D eigenvalue weighted by Gasteiger charge is -2.21. The minimum atomic E-state index is 0.0146. The van der Waals surface area contributed by atoms with Crippen LogP contribution in [-0.2, 0) is 11.2 Å². The van der Waals surface area contributed by atoms with Crippen molar-refractivity contribution in [3.8, 4) is 5.75 Å². The molecule has 1 amide bonds. The Labute approximate surface area is 118 Å². The molecule has 0 radical (unpaired) electrons. The summed E-state index contributed by atoms with van der Waals surface area (Å²) in [6.45, 7) is 1.03. The molecule has 3 nitrogen and oxygen atoms in total. The predicted octanol–water partition coefficient (Wildman–Crippen LogP) is 2.54. The van der Waals surface area contributed by atoms with Gasteiger partial charge in [0.05, 0.1) is 13.5 Å². The molecule has 0 aliphatic rings. The van der Waals surface area contributed by atoms with Crippen LogP contribution in [0.1, 0.15) is 5.56 Å². The van der Waals surface area contributed by atoms with Gasteiger partial charge in [0, 0.05) is 30.4 Å². The van der Waals surface area contributed by atoms with Crippen molar-refractivity contribution < 1.29 is 9.53 Å². The third-order valence-electron chi connectivity index (χ3n) is 2.60. The molecular weight excluding hydrogens is 273 g/mol. The normalized spacial score (nSPS) is 10.2. The zero-order valence-electron chi connectivity index (χ0n) is 10.4. The van der Waals surface area contributed by atoms with Crippen molar-refractivity contribution >= 4 is 29.1 Å². The van der Waals surface area contributed by atoms with E-state index in [1.807, 2.05) is 24.3 Å². The summed E-state index contributed by atoms with van der Waals surface area (Å²) in [5.41, 5.74) is 0.874. The molecule has 1 aromatic rings. The Morgan fingerprint density at radius 3 is 2.39 bits per heavy atom. The van der Waals surface area contributed by atoms with Crippen LogP contribution in [0.15, 0.2) is 24.3 Å². The first kappa shape index (κ1) is 15.1. The molecule has 100 valence electrons. The molecule has 0 saturated carbocycles. The maximum Gasteiger partial charge on any atom is 0.227 e. The van der Waals surface area contributed by atoms with E-state index in [1.54, 1.807) is 12.0 Å². The molecule has 0 aromatic heterocycles. The Kier molecular flexibility index (Phi) is 6.91. The van der Waals surface area contributed by atoms with Crippen LogP contribution < -0.4 is 4.74 Å². The van der Waals surface area contributed by atoms with E-state index in [0.29, 0.717) is 31.3 Å². The van der Waals surface area contributed by atoms with Crippen LogP contribution in [0.4, 0.5) is 0 Å². The maximum absolute atomic E-state index is 12.1. The number of alkyl halides is 2. The molecular formula is C13H17Cl2NO2. The quantitative estimate of drug-likeness (QED) is 0.722. The average Bonchev–Trinajstić information content (AvgIpc) is 2.39. The fraction of sp³-hybridized carbons (Fsp3) is 0.462. The van der Waals surface area contributed by atoms with Gasteiger partial charge in [0.15, 0.2) is 0 Å². The van der Waals surface area contributed by atoms with Gasteiger partial charge in [0.1, 0.15) is 5.75 Å². The third kappa shape index (κ3) is 4.39. The Hall–Kier alpha value is -0.930. The number of hydrogen-bond acceptors (Lipinski definition) is 2. The monoisotopic (exact) mass is 289 g/mol. The molecule has 0 saturated heterocycles. The smallest absolute Gasteiger partial charge is 0.227 e. The highest BCUT2D eigenvalue weighted by molar-refractivity contribution is 6.18. The van der Waals surface area contributed by atoms with E-state index in [2.05, 4.69) is 0 Å². The van der Waals surface area contributed by atoms with Gasteiger partial charge in [-0.15, -0.1) is 23.2 Å². The number of ether oxygens (including phenoxy) is 1. The first-order chi connectivity index (χ1) is 8.72. The van der Waals surface area contributed by atoms with Gasteiger partial charge in [-0.2, -0.15) is 0 Å². The molecule has 0 atom stereocenters. The summed E-state index contributed by atoms with van der Waals surface area (Å²) in [5, 5.41) is 0. The van der Waals surface area contributed by atoms with Crippen LogP contribution in [0.5, 0.6) is 5.75 Å². The summed E-state index contributed by atoms with van der Waals surface area (Å²) in [5.74, 6) is 1.56. The largest absolute Gasteiger partial charge is 0.496 e. The number of carbonyl (C=O) groups excluding carboxylic acids is 1. The van der Waals surface area contributed by atoms with Gasteiger partial charge < -0.3 is 9.64 Å². The SMILES string of the molecule is COc1ccccc1CC(=O)N(CCCl)CCCl. The Morgan fingerprint density at radius 2 is 1.83 bits per heavy atom. The highest BCUT2D eigenvalue weighted by Crippen LogP contribution is 2.18. The lowest BCUT2D eigenvalue weighted by atomic mass is 10.1. The minimum absolute atomic E-state index is 0.0146. The standard InChI is InChI=1S/C13H17Cl2NO2/c1-18-12-5-3-2-4-11(12)10-13(17)16(8-6-14)9-7-15/h2-5H,6-10H2,1H3. The summed E-state index contributed by atoms with van der Waals surface area (Å²) in [4.78, 5) is 13.8. The van der Waals surface area contributed by atoms with Gasteiger partial charge in [0.25, 0.3) is 0 Å². The zero-order valence-corrected chi connectivity index (χ0v) is 11.9. The molecule has 5 heteroatoms. The molecule has 1 aromatic carbocycles. The maximum atomic E-state index is 12.1. The topological polar surface area (TPSA) is 29.5 Å². The Balaban J connectivity index is 2.72. The summed E-state index contributed by atoms with van der Waals surface area (Å²) in [6.07, 6.45) is 0.303. The summed E-state index contributed by atoms with van der Waals surface area (Å²) in [7, 11) is 1.60. The summed E-state index contributed by atoms with van der Waals surface area (Å²) >= 11 is 11.4. The van der Waals surface area contributed by atoms with Crippen LogP contribution in [-0.4, -0.2) is 42.8 Å². The number of amides is 1. The van der Waals surface area contributed by atoms with E-state index in [-0.39, 0.29) is 5.91 Å². The molecule has 0 spiro atoms. The third-order valence-corrected chi connectivity index (χ3v) is 2.93. The number of rotatable bonds is 7. The average molecular weight is 290 g/mol. The van der Waals surface area contributed by atoms with Crippen molar-refractivity contribution in [3.05, 3.63) is 29.8 Å². The van der Waals surface area contributed by atoms with E-state index in [0.717, 1.165) is 11.3 Å². The molecule has 0 aliphatic carbocycles. The van der Waals surface area contributed by atoms with Crippen molar-refractivity contribution in [2.45, 2.75) is 6.42 Å². The van der Waals surface area contributed by atoms with Crippen LogP contribution in [0, 0.1) is 0 Å². The number of para-hydroxylation sites is 1. The van der Waals surface area contributed by atoms with Gasteiger partial charge in [-0.3, -0.25) is 4.79 Å². The lowest BCUT2D eigenvalue weighted by Crippen LogP contribution is -2.35. The van der Waals surface area contributed by atoms with E-state index in [4.69, 9.17) is 27.9 Å². The van der Waals surface area contributed by atoms with Gasteiger partial charge in [-0.05, 0) is 6.07 Å². The second-order valence-corrected chi connectivity index (χ2v) is 4.50. The second-order valence-electron chi connectivity index (χ2n) is 3.75. The van der Waals surface area contributed by atoms with Crippen molar-refractivity contribution in [1.29, 1.82) is 0 Å². The van der Waals surface area contributed by atoms with Gasteiger partial charge in [0.2, 0.25) is 5.91 Å². The van der Waals surface area contributed by atoms with Crippen LogP contribution in [0.2, 0.25) is 0 Å². The zero-order chi connectivity index (χ0) is 13.4. The van der Waals surface area contributed by atoms with Gasteiger partial charge in [-0.1, -0.05) is 18.2 Å². The number of halogens is 2. The number of methoxy groups -OCH3 is 1. The predicted molar refractivity (Wildman–Crippen MR) is 74.7 cm³/mol. The van der Waals surface area contributed by atoms with Gasteiger partial charge >= 0.3 is 0 Å². The first-order valence-electron chi connectivity index (χ1n) is 5.74. The Bertz CT molecular complexity index is 379. The minimum Gasteiger partial charge on any atom is -0.496 e. The second kappa shape index (κ2) is 8.22. The highest BCUT2D eigenvalue weighted by Gasteiger charge is 2.14. The van der Waals surface area contributed by atoms with E-state index in [1.165, 1.54) is 0 Å². The Morgan fingerprint density at radius 1 is 1.22 bits per heavy atom.